The van der Waals surface area contributed by atoms with Gasteiger partial charge in [0, 0.05) is 17.3 Å². The number of methoxy groups -OCH3 is 1. The molecular weight excluding hydrogens is 590 g/mol. The SMILES string of the molecule is COc1ccc([C@](C)(NCC(O)c2ccc(OCc3ccccc3)c(NS(C)(=O)=O)c2)C(=O)Nc2ccc(Cl)cc2)cc1. The molecule has 2 atom stereocenters. The fraction of sp³-hybridized carbons (Fsp3) is 0.219. The maximum absolute atomic E-state index is 13.7. The first-order valence-electron chi connectivity index (χ1n) is 13.4. The van der Waals surface area contributed by atoms with Crippen LogP contribution in [0.15, 0.2) is 97.1 Å². The van der Waals surface area contributed by atoms with Gasteiger partial charge in [0.2, 0.25) is 15.9 Å². The number of nitrogens with one attached hydrogen (secondary N) is 3. The number of benzene rings is 4. The van der Waals surface area contributed by atoms with Gasteiger partial charge in [-0.2, -0.15) is 0 Å². The summed E-state index contributed by atoms with van der Waals surface area (Å²) in [5, 5.41) is 17.8. The Morgan fingerprint density at radius 2 is 1.65 bits per heavy atom. The molecular formula is C32H34ClN3O6S. The molecule has 226 valence electrons. The molecule has 4 aromatic carbocycles. The number of carbonyl (C=O) groups is 1. The molecule has 4 rings (SSSR count). The van der Waals surface area contributed by atoms with Crippen molar-refractivity contribution in [1.82, 2.24) is 5.32 Å². The number of hydrogen-bond donors (Lipinski definition) is 4. The zero-order chi connectivity index (χ0) is 31.0. The molecule has 0 saturated heterocycles. The zero-order valence-electron chi connectivity index (χ0n) is 24.0. The van der Waals surface area contributed by atoms with E-state index in [9.17, 15) is 18.3 Å². The minimum absolute atomic E-state index is 0.0426. The van der Waals surface area contributed by atoms with Crippen LogP contribution in [0, 0.1) is 0 Å². The van der Waals surface area contributed by atoms with Gasteiger partial charge >= 0.3 is 0 Å². The van der Waals surface area contributed by atoms with Crippen LogP contribution in [-0.4, -0.2) is 39.3 Å². The van der Waals surface area contributed by atoms with Gasteiger partial charge in [-0.05, 0) is 72.1 Å². The third-order valence-corrected chi connectivity index (χ3v) is 7.64. The number of halogens is 1. The van der Waals surface area contributed by atoms with Crippen molar-refractivity contribution in [1.29, 1.82) is 0 Å². The Morgan fingerprint density at radius 3 is 2.28 bits per heavy atom. The van der Waals surface area contributed by atoms with E-state index < -0.39 is 21.7 Å². The number of carbonyl (C=O) groups excluding carboxylic acids is 1. The number of amides is 1. The molecule has 0 aliphatic rings. The summed E-state index contributed by atoms with van der Waals surface area (Å²) < 4.78 is 37.9. The van der Waals surface area contributed by atoms with E-state index in [0.717, 1.165) is 11.8 Å². The van der Waals surface area contributed by atoms with Gasteiger partial charge in [0.05, 0.1) is 25.2 Å². The molecule has 1 amide bonds. The van der Waals surface area contributed by atoms with E-state index in [1.807, 2.05) is 30.3 Å². The highest BCUT2D eigenvalue weighted by Gasteiger charge is 2.35. The molecule has 0 aliphatic heterocycles. The number of ether oxygens (including phenoxy) is 2. The van der Waals surface area contributed by atoms with Crippen LogP contribution < -0.4 is 24.8 Å². The van der Waals surface area contributed by atoms with Crippen LogP contribution in [0.2, 0.25) is 5.02 Å². The minimum Gasteiger partial charge on any atom is -0.497 e. The number of sulfonamides is 1. The lowest BCUT2D eigenvalue weighted by Gasteiger charge is -2.31. The highest BCUT2D eigenvalue weighted by atomic mass is 35.5. The molecule has 0 bridgehead atoms. The molecule has 1 unspecified atom stereocenters. The lowest BCUT2D eigenvalue weighted by atomic mass is 9.90. The van der Waals surface area contributed by atoms with E-state index in [4.69, 9.17) is 21.1 Å². The fourth-order valence-electron chi connectivity index (χ4n) is 4.34. The standard InChI is InChI=1S/C32H34ClN3O6S/c1-32(24-10-16-27(41-2)17-11-24,31(38)35-26-14-12-25(33)13-15-26)34-20-29(37)23-9-18-30(28(19-23)36-43(3,39)40)42-21-22-7-5-4-6-8-22/h4-19,29,34,36-37H,20-21H2,1-3H3,(H,35,38)/t29?,32-/m0/s1. The quantitative estimate of drug-likeness (QED) is 0.155. The van der Waals surface area contributed by atoms with Gasteiger partial charge in [0.25, 0.3) is 0 Å². The van der Waals surface area contributed by atoms with Crippen LogP contribution in [-0.2, 0) is 27.0 Å². The minimum atomic E-state index is -3.64. The van der Waals surface area contributed by atoms with Crippen LogP contribution in [0.5, 0.6) is 11.5 Å². The van der Waals surface area contributed by atoms with Crippen LogP contribution >= 0.6 is 11.6 Å². The molecule has 4 aromatic rings. The van der Waals surface area contributed by atoms with E-state index >= 15 is 0 Å². The summed E-state index contributed by atoms with van der Waals surface area (Å²) in [6.45, 7) is 1.90. The van der Waals surface area contributed by atoms with Gasteiger partial charge in [-0.25, -0.2) is 8.42 Å². The zero-order valence-corrected chi connectivity index (χ0v) is 25.6. The lowest BCUT2D eigenvalue weighted by Crippen LogP contribution is -2.50. The second-order valence-electron chi connectivity index (χ2n) is 10.1. The first-order valence-corrected chi connectivity index (χ1v) is 15.7. The topological polar surface area (TPSA) is 126 Å². The van der Waals surface area contributed by atoms with Gasteiger partial charge in [-0.3, -0.25) is 14.8 Å². The summed E-state index contributed by atoms with van der Waals surface area (Å²) in [6, 6.07) is 28.0. The number of hydrogen-bond acceptors (Lipinski definition) is 7. The van der Waals surface area contributed by atoms with Crippen molar-refractivity contribution in [3.63, 3.8) is 0 Å². The molecule has 0 spiro atoms. The second kappa shape index (κ2) is 13.9. The summed E-state index contributed by atoms with van der Waals surface area (Å²) in [5.74, 6) is 0.574. The first kappa shape index (κ1) is 31.8. The van der Waals surface area contributed by atoms with Crippen molar-refractivity contribution in [3.05, 3.63) is 119 Å². The largest absolute Gasteiger partial charge is 0.497 e. The summed E-state index contributed by atoms with van der Waals surface area (Å²) in [5.41, 5.74) is 1.43. The van der Waals surface area contributed by atoms with Crippen LogP contribution in [0.4, 0.5) is 11.4 Å². The number of aliphatic hydroxyl groups is 1. The normalized spacial score (nSPS) is 13.4. The van der Waals surface area contributed by atoms with Crippen molar-refractivity contribution in [2.45, 2.75) is 25.2 Å². The van der Waals surface area contributed by atoms with E-state index in [0.29, 0.717) is 33.3 Å². The number of anilines is 2. The van der Waals surface area contributed by atoms with E-state index in [1.54, 1.807) is 74.7 Å². The Bertz CT molecular complexity index is 1630. The molecule has 0 radical (unpaired) electrons. The van der Waals surface area contributed by atoms with E-state index in [2.05, 4.69) is 15.4 Å². The van der Waals surface area contributed by atoms with Crippen molar-refractivity contribution >= 4 is 38.9 Å². The predicted molar refractivity (Wildman–Crippen MR) is 169 cm³/mol. The lowest BCUT2D eigenvalue weighted by molar-refractivity contribution is -0.122. The summed E-state index contributed by atoms with van der Waals surface area (Å²) >= 11 is 6.00. The monoisotopic (exact) mass is 623 g/mol. The average molecular weight is 624 g/mol. The highest BCUT2D eigenvalue weighted by molar-refractivity contribution is 7.92. The van der Waals surface area contributed by atoms with Crippen LogP contribution in [0.1, 0.15) is 29.7 Å². The van der Waals surface area contributed by atoms with E-state index in [-0.39, 0.29) is 24.7 Å². The molecule has 43 heavy (non-hydrogen) atoms. The van der Waals surface area contributed by atoms with Gasteiger partial charge in [-0.1, -0.05) is 60.1 Å². The highest BCUT2D eigenvalue weighted by Crippen LogP contribution is 2.31. The molecule has 0 fully saturated rings. The molecule has 0 aliphatic carbocycles. The Kier molecular flexibility index (Phi) is 10.3. The van der Waals surface area contributed by atoms with Crippen molar-refractivity contribution in [2.75, 3.05) is 29.9 Å². The molecule has 11 heteroatoms. The molecule has 9 nitrogen and oxygen atoms in total. The van der Waals surface area contributed by atoms with Crippen molar-refractivity contribution < 1.29 is 27.8 Å². The Labute approximate surface area is 256 Å². The van der Waals surface area contributed by atoms with Gasteiger partial charge in [-0.15, -0.1) is 0 Å². The molecule has 4 N–H and O–H groups in total. The summed E-state index contributed by atoms with van der Waals surface area (Å²) in [7, 11) is -2.09. The smallest absolute Gasteiger partial charge is 0.249 e. The molecule has 0 saturated carbocycles. The molecule has 0 heterocycles. The third-order valence-electron chi connectivity index (χ3n) is 6.79. The Hall–Kier alpha value is -4.09. The fourth-order valence-corrected chi connectivity index (χ4v) is 5.03. The average Bonchev–Trinajstić information content (AvgIpc) is 3.00. The van der Waals surface area contributed by atoms with Gasteiger partial charge in [0.1, 0.15) is 23.6 Å². The number of rotatable bonds is 13. The van der Waals surface area contributed by atoms with Crippen molar-refractivity contribution in [2.24, 2.45) is 0 Å². The van der Waals surface area contributed by atoms with E-state index in [1.165, 1.54) is 6.07 Å². The van der Waals surface area contributed by atoms with Crippen LogP contribution in [0.25, 0.3) is 0 Å². The summed E-state index contributed by atoms with van der Waals surface area (Å²) in [4.78, 5) is 13.7. The molecule has 0 aromatic heterocycles. The Morgan fingerprint density at radius 1 is 0.977 bits per heavy atom. The maximum Gasteiger partial charge on any atom is 0.249 e. The maximum atomic E-state index is 13.7. The predicted octanol–water partition coefficient (Wildman–Crippen LogP) is 5.48. The van der Waals surface area contributed by atoms with Crippen LogP contribution in [0.3, 0.4) is 0 Å². The van der Waals surface area contributed by atoms with Gasteiger partial charge in [0.15, 0.2) is 0 Å². The van der Waals surface area contributed by atoms with Gasteiger partial charge < -0.3 is 19.9 Å². The third kappa shape index (κ3) is 8.71. The number of aliphatic hydroxyl groups excluding tert-OH is 1. The first-order chi connectivity index (χ1) is 20.5. The summed E-state index contributed by atoms with van der Waals surface area (Å²) in [6.07, 6.45) is -0.0673. The Balaban J connectivity index is 1.56. The van der Waals surface area contributed by atoms with Crippen molar-refractivity contribution in [3.8, 4) is 11.5 Å². The second-order valence-corrected chi connectivity index (χ2v) is 12.3.